The first-order chi connectivity index (χ1) is 18.5. The summed E-state index contributed by atoms with van der Waals surface area (Å²) < 4.78 is 28.8. The fourth-order valence-corrected chi connectivity index (χ4v) is 8.24. The van der Waals surface area contributed by atoms with Crippen molar-refractivity contribution in [2.24, 2.45) is 10.8 Å². The maximum Gasteiger partial charge on any atom is 0.304 e. The molecule has 1 N–H and O–H groups in total. The number of rotatable bonds is 9. The lowest BCUT2D eigenvalue weighted by atomic mass is 9.66. The summed E-state index contributed by atoms with van der Waals surface area (Å²) in [6.07, 6.45) is 1.52. The first kappa shape index (κ1) is 30.8. The van der Waals surface area contributed by atoms with Crippen molar-refractivity contribution in [3.8, 4) is 0 Å². The van der Waals surface area contributed by atoms with Crippen molar-refractivity contribution < 1.29 is 23.1 Å². The van der Waals surface area contributed by atoms with Crippen molar-refractivity contribution in [1.29, 1.82) is 0 Å². The van der Waals surface area contributed by atoms with Gasteiger partial charge in [0.05, 0.1) is 29.7 Å². The van der Waals surface area contributed by atoms with Crippen LogP contribution in [0.15, 0.2) is 48.5 Å². The molecule has 0 bridgehead atoms. The third-order valence-corrected chi connectivity index (χ3v) is 10.7. The number of hydrogen-bond acceptors (Lipinski definition) is 4. The Hall–Kier alpha value is -2.13. The van der Waals surface area contributed by atoms with Gasteiger partial charge in [-0.3, -0.25) is 9.59 Å². The minimum Gasteiger partial charge on any atom is -0.481 e. The fraction of sp³-hybridized carbons (Fsp3) is 0.533. The maximum atomic E-state index is 14.6. The van der Waals surface area contributed by atoms with E-state index in [1.807, 2.05) is 51.1 Å². The number of piperidine rings is 1. The molecule has 1 amide bonds. The number of carboxylic acid groups (broad SMARTS) is 1. The molecular weight excluding hydrogens is 571 g/mol. The number of likely N-dealkylation sites (tertiary alicyclic amines) is 1. The van der Waals surface area contributed by atoms with Gasteiger partial charge in [-0.25, -0.2) is 12.7 Å². The summed E-state index contributed by atoms with van der Waals surface area (Å²) >= 11 is 12.7. The van der Waals surface area contributed by atoms with E-state index in [2.05, 4.69) is 0 Å². The lowest BCUT2D eigenvalue weighted by molar-refractivity contribution is -0.162. The number of aliphatic carboxylic acids is 1. The van der Waals surface area contributed by atoms with E-state index in [9.17, 15) is 23.1 Å². The van der Waals surface area contributed by atoms with Gasteiger partial charge in [-0.2, -0.15) is 0 Å². The number of carbonyl (C=O) groups is 2. The monoisotopic (exact) mass is 608 g/mol. The predicted octanol–water partition coefficient (Wildman–Crippen LogP) is 6.37. The van der Waals surface area contributed by atoms with Crippen LogP contribution in [0.2, 0.25) is 10.0 Å². The summed E-state index contributed by atoms with van der Waals surface area (Å²) in [4.78, 5) is 28.3. The lowest BCUT2D eigenvalue weighted by Gasteiger charge is -2.54. The van der Waals surface area contributed by atoms with Crippen molar-refractivity contribution in [2.45, 2.75) is 77.4 Å². The van der Waals surface area contributed by atoms with Crippen molar-refractivity contribution in [1.82, 2.24) is 9.21 Å². The summed E-state index contributed by atoms with van der Waals surface area (Å²) in [6.45, 7) is 7.45. The van der Waals surface area contributed by atoms with Crippen molar-refractivity contribution in [2.75, 3.05) is 12.8 Å². The molecule has 1 aliphatic carbocycles. The standard InChI is InChI=1S/C30H38Cl2N2O5S/c1-29(2,3)25(18-40(38,39)33(5)23-13-14-23)34-27(19-9-11-21(31)12-10-19)24(20-7-6-8-22(32)15-20)16-30(4,28(34)37)17-26(35)36/h6-12,15,23-25,27H,13-14,16-18H2,1-5H3,(H,35,36)/t24-,25-,27-,30-/m1/s1. The molecule has 0 unspecified atom stereocenters. The van der Waals surface area contributed by atoms with Crippen LogP contribution in [-0.4, -0.2) is 59.5 Å². The highest BCUT2D eigenvalue weighted by molar-refractivity contribution is 7.89. The molecule has 4 rings (SSSR count). The average Bonchev–Trinajstić information content (AvgIpc) is 3.69. The highest BCUT2D eigenvalue weighted by Crippen LogP contribution is 2.53. The van der Waals surface area contributed by atoms with Gasteiger partial charge in [-0.15, -0.1) is 0 Å². The first-order valence-electron chi connectivity index (χ1n) is 13.5. The van der Waals surface area contributed by atoms with Crippen molar-refractivity contribution in [3.05, 3.63) is 69.7 Å². The molecule has 4 atom stereocenters. The summed E-state index contributed by atoms with van der Waals surface area (Å²) in [5, 5.41) is 10.9. The highest BCUT2D eigenvalue weighted by atomic mass is 35.5. The zero-order valence-corrected chi connectivity index (χ0v) is 25.9. The number of carbonyl (C=O) groups excluding carboxylic acids is 1. The van der Waals surface area contributed by atoms with Crippen LogP contribution in [0.5, 0.6) is 0 Å². The molecule has 7 nitrogen and oxygen atoms in total. The van der Waals surface area contributed by atoms with Crippen LogP contribution in [0.1, 0.15) is 76.5 Å². The molecule has 2 fully saturated rings. The second-order valence-electron chi connectivity index (χ2n) is 12.6. The van der Waals surface area contributed by atoms with E-state index in [0.717, 1.165) is 24.0 Å². The van der Waals surface area contributed by atoms with Crippen LogP contribution in [0, 0.1) is 10.8 Å². The predicted molar refractivity (Wildman–Crippen MR) is 158 cm³/mol. The molecule has 2 aromatic carbocycles. The Balaban J connectivity index is 1.95. The van der Waals surface area contributed by atoms with E-state index < -0.39 is 38.9 Å². The number of benzene rings is 2. The zero-order valence-electron chi connectivity index (χ0n) is 23.6. The molecule has 40 heavy (non-hydrogen) atoms. The maximum absolute atomic E-state index is 14.6. The fourth-order valence-electron chi connectivity index (χ4n) is 5.95. The quantitative estimate of drug-likeness (QED) is 0.357. The Labute approximate surface area is 247 Å². The SMILES string of the molecule is CN(C1CC1)S(=O)(=O)C[C@@H](N1C(=O)[C@@](C)(CC(=O)O)C[C@H](c2cccc(Cl)c2)[C@H]1c1ccc(Cl)cc1)C(C)(C)C. The topological polar surface area (TPSA) is 95.0 Å². The third-order valence-electron chi connectivity index (χ3n) is 8.34. The Morgan fingerprint density at radius 2 is 1.73 bits per heavy atom. The van der Waals surface area contributed by atoms with E-state index in [1.165, 1.54) is 4.31 Å². The van der Waals surface area contributed by atoms with Crippen LogP contribution in [-0.2, 0) is 19.6 Å². The van der Waals surface area contributed by atoms with Crippen LogP contribution >= 0.6 is 23.2 Å². The van der Waals surface area contributed by atoms with Gasteiger partial charge in [-0.05, 0) is 60.1 Å². The van der Waals surface area contributed by atoms with Crippen molar-refractivity contribution in [3.63, 3.8) is 0 Å². The minimum atomic E-state index is -3.73. The lowest BCUT2D eigenvalue weighted by Crippen LogP contribution is -2.61. The zero-order chi connectivity index (χ0) is 29.6. The van der Waals surface area contributed by atoms with Crippen LogP contribution in [0.3, 0.4) is 0 Å². The summed E-state index contributed by atoms with van der Waals surface area (Å²) in [5.41, 5.74) is -0.273. The molecule has 2 aliphatic rings. The summed E-state index contributed by atoms with van der Waals surface area (Å²) in [5.74, 6) is -2.07. The van der Waals surface area contributed by atoms with Crippen LogP contribution < -0.4 is 0 Å². The van der Waals surface area contributed by atoms with Gasteiger partial charge in [0, 0.05) is 29.1 Å². The molecule has 10 heteroatoms. The van der Waals surface area contributed by atoms with Crippen LogP contribution in [0.4, 0.5) is 0 Å². The van der Waals surface area contributed by atoms with E-state index in [4.69, 9.17) is 23.2 Å². The molecule has 1 aliphatic heterocycles. The Kier molecular flexibility index (Phi) is 8.69. The molecule has 218 valence electrons. The van der Waals surface area contributed by atoms with Gasteiger partial charge in [-0.1, -0.05) is 75.2 Å². The number of nitrogens with zero attached hydrogens (tertiary/aromatic N) is 2. The molecule has 2 aromatic rings. The van der Waals surface area contributed by atoms with Gasteiger partial charge >= 0.3 is 5.97 Å². The number of halogens is 2. The minimum absolute atomic E-state index is 0.0220. The van der Waals surface area contributed by atoms with Gasteiger partial charge in [0.1, 0.15) is 0 Å². The molecule has 0 spiro atoms. The smallest absolute Gasteiger partial charge is 0.304 e. The number of carboxylic acids is 1. The molecule has 1 saturated carbocycles. The molecule has 0 radical (unpaired) electrons. The van der Waals surface area contributed by atoms with E-state index in [0.29, 0.717) is 10.0 Å². The molecule has 0 aromatic heterocycles. The second-order valence-corrected chi connectivity index (χ2v) is 15.6. The molecule has 1 saturated heterocycles. The van der Waals surface area contributed by atoms with Gasteiger partial charge in [0.15, 0.2) is 0 Å². The normalized spacial score (nSPS) is 24.8. The summed E-state index contributed by atoms with van der Waals surface area (Å²) in [7, 11) is -2.13. The number of amides is 1. The number of sulfonamides is 1. The second kappa shape index (κ2) is 11.3. The molecule has 1 heterocycles. The Morgan fingerprint density at radius 1 is 1.10 bits per heavy atom. The molecular formula is C30H38Cl2N2O5S. The van der Waals surface area contributed by atoms with Gasteiger partial charge < -0.3 is 10.0 Å². The summed E-state index contributed by atoms with van der Waals surface area (Å²) in [6, 6.07) is 13.2. The van der Waals surface area contributed by atoms with E-state index in [-0.39, 0.29) is 36.5 Å². The first-order valence-corrected chi connectivity index (χ1v) is 15.9. The third kappa shape index (κ3) is 6.51. The van der Waals surface area contributed by atoms with Crippen LogP contribution in [0.25, 0.3) is 0 Å². The average molecular weight is 610 g/mol. The van der Waals surface area contributed by atoms with Gasteiger partial charge in [0.2, 0.25) is 15.9 Å². The van der Waals surface area contributed by atoms with Crippen molar-refractivity contribution >= 4 is 45.1 Å². The number of hydrogen-bond donors (Lipinski definition) is 1. The Bertz CT molecular complexity index is 1370. The van der Waals surface area contributed by atoms with E-state index >= 15 is 0 Å². The van der Waals surface area contributed by atoms with Gasteiger partial charge in [0.25, 0.3) is 0 Å². The Morgan fingerprint density at radius 3 is 2.25 bits per heavy atom. The van der Waals surface area contributed by atoms with E-state index in [1.54, 1.807) is 37.1 Å². The largest absolute Gasteiger partial charge is 0.481 e. The highest BCUT2D eigenvalue weighted by Gasteiger charge is 2.55.